The van der Waals surface area contributed by atoms with Gasteiger partial charge >= 0.3 is 0 Å². The Kier molecular flexibility index (Phi) is 6.26. The van der Waals surface area contributed by atoms with Crippen molar-refractivity contribution in [2.75, 3.05) is 25.0 Å². The van der Waals surface area contributed by atoms with Crippen LogP contribution in [0.3, 0.4) is 0 Å². The summed E-state index contributed by atoms with van der Waals surface area (Å²) in [5, 5.41) is 6.42. The molecule has 1 aliphatic rings. The van der Waals surface area contributed by atoms with Gasteiger partial charge in [0, 0.05) is 25.7 Å². The lowest BCUT2D eigenvalue weighted by atomic mass is 10.3. The van der Waals surface area contributed by atoms with Crippen LogP contribution in [0.25, 0.3) is 0 Å². The van der Waals surface area contributed by atoms with Crippen LogP contribution in [0.5, 0.6) is 0 Å². The number of amides is 2. The van der Waals surface area contributed by atoms with Crippen LogP contribution in [0.4, 0.5) is 5.69 Å². The van der Waals surface area contributed by atoms with Gasteiger partial charge < -0.3 is 20.1 Å². The first-order valence-corrected chi connectivity index (χ1v) is 9.24. The number of halogens is 1. The van der Waals surface area contributed by atoms with Gasteiger partial charge in [-0.25, -0.2) is 4.98 Å². The lowest BCUT2D eigenvalue weighted by molar-refractivity contribution is -0.127. The maximum Gasteiger partial charge on any atom is 0.273 e. The number of rotatable bonds is 6. The van der Waals surface area contributed by atoms with Crippen LogP contribution in [0.1, 0.15) is 23.2 Å². The normalized spacial score (nSPS) is 13.6. The van der Waals surface area contributed by atoms with Gasteiger partial charge in [-0.3, -0.25) is 9.59 Å². The smallest absolute Gasteiger partial charge is 0.273 e. The van der Waals surface area contributed by atoms with Crippen molar-refractivity contribution >= 4 is 29.1 Å². The first kappa shape index (κ1) is 19.1. The largest absolute Gasteiger partial charge is 0.330 e. The number of hydrogen-bond donors (Lipinski definition) is 2. The Morgan fingerprint density at radius 2 is 2.11 bits per heavy atom. The summed E-state index contributed by atoms with van der Waals surface area (Å²) in [6, 6.07) is 7.07. The summed E-state index contributed by atoms with van der Waals surface area (Å²) >= 11 is 6.10. The third-order valence-electron chi connectivity index (χ3n) is 4.30. The van der Waals surface area contributed by atoms with E-state index in [9.17, 15) is 9.59 Å². The van der Waals surface area contributed by atoms with E-state index in [1.54, 1.807) is 35.2 Å². The fraction of sp³-hybridized carbons (Fsp3) is 0.316. The number of anilines is 1. The van der Waals surface area contributed by atoms with Gasteiger partial charge in [-0.05, 0) is 18.7 Å². The lowest BCUT2D eigenvalue weighted by Gasteiger charge is -2.27. The summed E-state index contributed by atoms with van der Waals surface area (Å²) in [4.78, 5) is 30.9. The Morgan fingerprint density at radius 1 is 1.30 bits per heavy atom. The van der Waals surface area contributed by atoms with Crippen LogP contribution < -0.4 is 10.6 Å². The molecule has 8 heteroatoms. The molecule has 142 valence electrons. The van der Waals surface area contributed by atoms with Gasteiger partial charge in [-0.15, -0.1) is 0 Å². The van der Waals surface area contributed by atoms with Crippen LogP contribution in [-0.2, 0) is 17.9 Å². The molecule has 7 nitrogen and oxygen atoms in total. The third-order valence-corrected chi connectivity index (χ3v) is 4.63. The monoisotopic (exact) mass is 387 g/mol. The number of nitrogens with one attached hydrogen (secondary N) is 2. The van der Waals surface area contributed by atoms with E-state index in [0.29, 0.717) is 48.4 Å². The highest BCUT2D eigenvalue weighted by Crippen LogP contribution is 2.22. The lowest BCUT2D eigenvalue weighted by Crippen LogP contribution is -2.38. The van der Waals surface area contributed by atoms with Gasteiger partial charge in [-0.2, -0.15) is 0 Å². The molecule has 1 aliphatic heterocycles. The van der Waals surface area contributed by atoms with Crippen LogP contribution in [0.15, 0.2) is 42.6 Å². The van der Waals surface area contributed by atoms with E-state index >= 15 is 0 Å². The minimum Gasteiger partial charge on any atom is -0.330 e. The number of carbonyl (C=O) groups is 2. The minimum atomic E-state index is -0.271. The molecule has 1 aromatic carbocycles. The van der Waals surface area contributed by atoms with Crippen molar-refractivity contribution in [2.24, 2.45) is 0 Å². The molecule has 0 aliphatic carbocycles. The van der Waals surface area contributed by atoms with Crippen LogP contribution in [0, 0.1) is 0 Å². The molecule has 3 rings (SSSR count). The number of para-hydroxylation sites is 1. The first-order chi connectivity index (χ1) is 13.1. The summed E-state index contributed by atoms with van der Waals surface area (Å²) in [5.41, 5.74) is 1.01. The van der Waals surface area contributed by atoms with Crippen molar-refractivity contribution < 1.29 is 9.59 Å². The Morgan fingerprint density at radius 3 is 2.89 bits per heavy atom. The molecule has 0 fully saturated rings. The molecular formula is C19H22ClN5O2. The first-order valence-electron chi connectivity index (χ1n) is 8.86. The quantitative estimate of drug-likeness (QED) is 0.588. The summed E-state index contributed by atoms with van der Waals surface area (Å²) < 4.78 is 1.85. The zero-order valence-electron chi connectivity index (χ0n) is 15.1. The van der Waals surface area contributed by atoms with Crippen molar-refractivity contribution in [3.63, 3.8) is 0 Å². The molecule has 0 saturated heterocycles. The highest BCUT2D eigenvalue weighted by molar-refractivity contribution is 6.33. The SMILES string of the molecule is CCNC/C=C/C(=O)N1CCn2c(C(=O)Nc3ccccc3Cl)cnc2C1. The number of fused-ring (bicyclic) bond motifs is 1. The highest BCUT2D eigenvalue weighted by Gasteiger charge is 2.24. The zero-order valence-corrected chi connectivity index (χ0v) is 15.9. The summed E-state index contributed by atoms with van der Waals surface area (Å²) in [7, 11) is 0. The van der Waals surface area contributed by atoms with Crippen molar-refractivity contribution in [3.8, 4) is 0 Å². The highest BCUT2D eigenvalue weighted by atomic mass is 35.5. The molecular weight excluding hydrogens is 366 g/mol. The molecule has 0 spiro atoms. The molecule has 2 amide bonds. The van der Waals surface area contributed by atoms with E-state index in [1.807, 2.05) is 17.6 Å². The molecule has 2 N–H and O–H groups in total. The topological polar surface area (TPSA) is 79.3 Å². The predicted molar refractivity (Wildman–Crippen MR) is 105 cm³/mol. The maximum atomic E-state index is 12.6. The fourth-order valence-corrected chi connectivity index (χ4v) is 3.05. The standard InChI is InChI=1S/C19H22ClN5O2/c1-2-21-9-5-8-18(26)24-10-11-25-16(12-22-17(25)13-24)19(27)23-15-7-4-3-6-14(15)20/h3-8,12,21H,2,9-11,13H2,1H3,(H,23,27)/b8-5+. The second-order valence-electron chi connectivity index (χ2n) is 6.12. The average Bonchev–Trinajstić information content (AvgIpc) is 3.10. The van der Waals surface area contributed by atoms with Gasteiger partial charge in [0.05, 0.1) is 23.5 Å². The van der Waals surface area contributed by atoms with Crippen LogP contribution in [0.2, 0.25) is 5.02 Å². The van der Waals surface area contributed by atoms with E-state index in [1.165, 1.54) is 6.20 Å². The summed E-state index contributed by atoms with van der Waals surface area (Å²) in [5.74, 6) is 0.371. The predicted octanol–water partition coefficient (Wildman–Crippen LogP) is 2.30. The average molecular weight is 388 g/mol. The second-order valence-corrected chi connectivity index (χ2v) is 6.52. The molecule has 0 unspecified atom stereocenters. The second kappa shape index (κ2) is 8.83. The zero-order chi connectivity index (χ0) is 19.2. The Labute approximate surface area is 163 Å². The number of imidazole rings is 1. The number of nitrogens with zero attached hydrogens (tertiary/aromatic N) is 3. The van der Waals surface area contributed by atoms with Crippen molar-refractivity contribution in [1.29, 1.82) is 0 Å². The van der Waals surface area contributed by atoms with Gasteiger partial charge in [0.2, 0.25) is 5.91 Å². The number of likely N-dealkylation sites (N-methyl/N-ethyl adjacent to an activating group) is 1. The summed E-state index contributed by atoms with van der Waals surface area (Å²) in [6.07, 6.45) is 4.93. The molecule has 0 bridgehead atoms. The Hall–Kier alpha value is -2.64. The van der Waals surface area contributed by atoms with E-state index in [2.05, 4.69) is 15.6 Å². The fourth-order valence-electron chi connectivity index (χ4n) is 2.87. The van der Waals surface area contributed by atoms with Gasteiger partial charge in [0.25, 0.3) is 5.91 Å². The maximum absolute atomic E-state index is 12.6. The Bertz CT molecular complexity index is 862. The van der Waals surface area contributed by atoms with Crippen molar-refractivity contribution in [1.82, 2.24) is 19.8 Å². The molecule has 0 saturated carbocycles. The Balaban J connectivity index is 1.66. The molecule has 0 radical (unpaired) electrons. The van der Waals surface area contributed by atoms with Gasteiger partial charge in [0.15, 0.2) is 0 Å². The van der Waals surface area contributed by atoms with E-state index in [-0.39, 0.29) is 11.8 Å². The number of benzene rings is 1. The summed E-state index contributed by atoms with van der Waals surface area (Å²) in [6.45, 7) is 4.96. The van der Waals surface area contributed by atoms with Crippen LogP contribution in [-0.4, -0.2) is 45.9 Å². The van der Waals surface area contributed by atoms with E-state index < -0.39 is 0 Å². The van der Waals surface area contributed by atoms with Gasteiger partial charge in [0.1, 0.15) is 11.5 Å². The van der Waals surface area contributed by atoms with E-state index in [0.717, 1.165) is 6.54 Å². The number of hydrogen-bond acceptors (Lipinski definition) is 4. The van der Waals surface area contributed by atoms with Crippen LogP contribution >= 0.6 is 11.6 Å². The molecule has 1 aromatic heterocycles. The molecule has 2 heterocycles. The minimum absolute atomic E-state index is 0.0516. The number of aromatic nitrogens is 2. The third kappa shape index (κ3) is 4.56. The molecule has 27 heavy (non-hydrogen) atoms. The molecule has 2 aromatic rings. The van der Waals surface area contributed by atoms with Crippen molar-refractivity contribution in [2.45, 2.75) is 20.0 Å². The number of carbonyl (C=O) groups excluding carboxylic acids is 2. The van der Waals surface area contributed by atoms with Gasteiger partial charge in [-0.1, -0.05) is 36.7 Å². The van der Waals surface area contributed by atoms with E-state index in [4.69, 9.17) is 11.6 Å². The molecule has 0 atom stereocenters. The van der Waals surface area contributed by atoms with Crippen molar-refractivity contribution in [3.05, 3.63) is 59.2 Å².